The third-order valence-electron chi connectivity index (χ3n) is 4.00. The first kappa shape index (κ1) is 16.0. The molecule has 0 saturated carbocycles. The number of amides is 1. The Balaban J connectivity index is 1.75. The second-order valence-electron chi connectivity index (χ2n) is 5.78. The summed E-state index contributed by atoms with van der Waals surface area (Å²) < 4.78 is 0. The van der Waals surface area contributed by atoms with E-state index >= 15 is 0 Å². The average Bonchev–Trinajstić information content (AvgIpc) is 2.95. The highest BCUT2D eigenvalue weighted by Crippen LogP contribution is 2.17. The lowest BCUT2D eigenvalue weighted by molar-refractivity contribution is -0.125. The minimum atomic E-state index is -0.530. The lowest BCUT2D eigenvalue weighted by Crippen LogP contribution is -2.45. The molecule has 21 heavy (non-hydrogen) atoms. The van der Waals surface area contributed by atoms with Crippen molar-refractivity contribution in [3.05, 3.63) is 35.9 Å². The third kappa shape index (κ3) is 4.83. The zero-order valence-electron chi connectivity index (χ0n) is 12.8. The molecule has 116 valence electrons. The molecule has 0 spiro atoms. The van der Waals surface area contributed by atoms with Crippen LogP contribution in [0.4, 0.5) is 0 Å². The van der Waals surface area contributed by atoms with Gasteiger partial charge in [0.05, 0.1) is 12.1 Å². The largest absolute Gasteiger partial charge is 0.391 e. The number of nitrogens with one attached hydrogen (secondary N) is 1. The number of likely N-dealkylation sites (tertiary alicyclic amines) is 1. The smallest absolute Gasteiger partial charge is 0.237 e. The van der Waals surface area contributed by atoms with E-state index in [0.29, 0.717) is 13.0 Å². The summed E-state index contributed by atoms with van der Waals surface area (Å²) in [5.74, 6) is 0.0630. The molecule has 4 nitrogen and oxygen atoms in total. The highest BCUT2D eigenvalue weighted by Gasteiger charge is 2.29. The molecule has 2 unspecified atom stereocenters. The van der Waals surface area contributed by atoms with E-state index in [1.165, 1.54) is 0 Å². The van der Waals surface area contributed by atoms with Crippen LogP contribution in [0, 0.1) is 0 Å². The molecule has 4 heteroatoms. The Bertz CT molecular complexity index is 436. The van der Waals surface area contributed by atoms with Gasteiger partial charge in [0.25, 0.3) is 0 Å². The Kier molecular flexibility index (Phi) is 6.21. The van der Waals surface area contributed by atoms with Crippen LogP contribution < -0.4 is 5.32 Å². The first-order valence-electron chi connectivity index (χ1n) is 7.94. The minimum Gasteiger partial charge on any atom is -0.391 e. The topological polar surface area (TPSA) is 52.6 Å². The standard InChI is InChI=1S/C17H26N2O2/c1-2-10-19-11-6-9-16(19)17(21)18-13-15(20)12-14-7-4-3-5-8-14/h3-5,7-8,15-16,20H,2,6,9-13H2,1H3,(H,18,21). The summed E-state index contributed by atoms with van der Waals surface area (Å²) in [4.78, 5) is 14.5. The van der Waals surface area contributed by atoms with Gasteiger partial charge >= 0.3 is 0 Å². The molecule has 1 amide bonds. The summed E-state index contributed by atoms with van der Waals surface area (Å²) in [7, 11) is 0. The molecule has 1 aromatic rings. The summed E-state index contributed by atoms with van der Waals surface area (Å²) in [5, 5.41) is 12.9. The van der Waals surface area contributed by atoms with Crippen molar-refractivity contribution in [1.29, 1.82) is 0 Å². The van der Waals surface area contributed by atoms with Gasteiger partial charge in [-0.15, -0.1) is 0 Å². The molecule has 2 N–H and O–H groups in total. The number of carbonyl (C=O) groups excluding carboxylic acids is 1. The van der Waals surface area contributed by atoms with Crippen molar-refractivity contribution in [2.45, 2.75) is 44.8 Å². The van der Waals surface area contributed by atoms with Gasteiger partial charge in [0.1, 0.15) is 0 Å². The summed E-state index contributed by atoms with van der Waals surface area (Å²) in [6.07, 6.45) is 3.13. The van der Waals surface area contributed by atoms with E-state index in [2.05, 4.69) is 17.1 Å². The Labute approximate surface area is 127 Å². The van der Waals surface area contributed by atoms with Gasteiger partial charge in [-0.3, -0.25) is 9.69 Å². The Morgan fingerprint density at radius 1 is 1.43 bits per heavy atom. The first-order chi connectivity index (χ1) is 10.2. The van der Waals surface area contributed by atoms with Gasteiger partial charge in [-0.05, 0) is 37.9 Å². The zero-order valence-corrected chi connectivity index (χ0v) is 12.8. The van der Waals surface area contributed by atoms with Crippen LogP contribution in [0.1, 0.15) is 31.7 Å². The Morgan fingerprint density at radius 2 is 2.19 bits per heavy atom. The fourth-order valence-corrected chi connectivity index (χ4v) is 2.97. The number of hydrogen-bond acceptors (Lipinski definition) is 3. The molecule has 1 heterocycles. The molecular formula is C17H26N2O2. The van der Waals surface area contributed by atoms with Crippen LogP contribution in [0.2, 0.25) is 0 Å². The van der Waals surface area contributed by atoms with Gasteiger partial charge in [-0.25, -0.2) is 0 Å². The van der Waals surface area contributed by atoms with Crippen molar-refractivity contribution in [3.8, 4) is 0 Å². The van der Waals surface area contributed by atoms with Gasteiger partial charge in [0.2, 0.25) is 5.91 Å². The molecule has 2 rings (SSSR count). The number of rotatable bonds is 7. The second kappa shape index (κ2) is 8.15. The van der Waals surface area contributed by atoms with Gasteiger partial charge < -0.3 is 10.4 Å². The molecule has 0 aromatic heterocycles. The fourth-order valence-electron chi connectivity index (χ4n) is 2.97. The monoisotopic (exact) mass is 290 g/mol. The molecule has 2 atom stereocenters. The van der Waals surface area contributed by atoms with Crippen molar-refractivity contribution in [1.82, 2.24) is 10.2 Å². The van der Waals surface area contributed by atoms with Crippen molar-refractivity contribution < 1.29 is 9.90 Å². The number of hydrogen-bond donors (Lipinski definition) is 2. The number of benzene rings is 1. The van der Waals surface area contributed by atoms with E-state index < -0.39 is 6.10 Å². The maximum atomic E-state index is 12.2. The van der Waals surface area contributed by atoms with Crippen molar-refractivity contribution in [3.63, 3.8) is 0 Å². The third-order valence-corrected chi connectivity index (χ3v) is 4.00. The molecule has 1 aliphatic heterocycles. The Morgan fingerprint density at radius 3 is 2.90 bits per heavy atom. The molecule has 1 saturated heterocycles. The van der Waals surface area contributed by atoms with Crippen LogP contribution in [-0.4, -0.2) is 47.7 Å². The lowest BCUT2D eigenvalue weighted by Gasteiger charge is -2.23. The van der Waals surface area contributed by atoms with E-state index in [-0.39, 0.29) is 11.9 Å². The fraction of sp³-hybridized carbons (Fsp3) is 0.588. The summed E-state index contributed by atoms with van der Waals surface area (Å²) in [6, 6.07) is 9.86. The van der Waals surface area contributed by atoms with Gasteiger partial charge in [0.15, 0.2) is 0 Å². The number of aliphatic hydroxyl groups excluding tert-OH is 1. The van der Waals surface area contributed by atoms with E-state index in [9.17, 15) is 9.90 Å². The van der Waals surface area contributed by atoms with E-state index in [1.54, 1.807) is 0 Å². The predicted molar refractivity (Wildman–Crippen MR) is 84.0 cm³/mol. The summed E-state index contributed by atoms with van der Waals surface area (Å²) in [5.41, 5.74) is 1.09. The SMILES string of the molecule is CCCN1CCCC1C(=O)NCC(O)Cc1ccccc1. The predicted octanol–water partition coefficient (Wildman–Crippen LogP) is 1.58. The minimum absolute atomic E-state index is 0.00567. The number of aliphatic hydroxyl groups is 1. The quantitative estimate of drug-likeness (QED) is 0.801. The molecule has 0 radical (unpaired) electrons. The second-order valence-corrected chi connectivity index (χ2v) is 5.78. The van der Waals surface area contributed by atoms with E-state index in [4.69, 9.17) is 0 Å². The van der Waals surface area contributed by atoms with Gasteiger partial charge in [-0.1, -0.05) is 37.3 Å². The van der Waals surface area contributed by atoms with Crippen molar-refractivity contribution >= 4 is 5.91 Å². The maximum absolute atomic E-state index is 12.2. The van der Waals surface area contributed by atoms with E-state index in [1.807, 2.05) is 30.3 Å². The van der Waals surface area contributed by atoms with Crippen LogP contribution in [0.25, 0.3) is 0 Å². The summed E-state index contributed by atoms with van der Waals surface area (Å²) >= 11 is 0. The zero-order chi connectivity index (χ0) is 15.1. The number of carbonyl (C=O) groups is 1. The number of nitrogens with zero attached hydrogens (tertiary/aromatic N) is 1. The summed E-state index contributed by atoms with van der Waals surface area (Å²) in [6.45, 7) is 4.45. The molecule has 1 aromatic carbocycles. The maximum Gasteiger partial charge on any atom is 0.237 e. The lowest BCUT2D eigenvalue weighted by atomic mass is 10.1. The molecule has 1 aliphatic rings. The average molecular weight is 290 g/mol. The van der Waals surface area contributed by atoms with Crippen LogP contribution in [0.5, 0.6) is 0 Å². The molecular weight excluding hydrogens is 264 g/mol. The van der Waals surface area contributed by atoms with Crippen LogP contribution in [0.15, 0.2) is 30.3 Å². The van der Waals surface area contributed by atoms with E-state index in [0.717, 1.165) is 37.9 Å². The first-order valence-corrected chi connectivity index (χ1v) is 7.94. The molecule has 0 bridgehead atoms. The van der Waals surface area contributed by atoms with Crippen LogP contribution >= 0.6 is 0 Å². The highest BCUT2D eigenvalue weighted by molar-refractivity contribution is 5.82. The molecule has 0 aliphatic carbocycles. The normalized spacial score (nSPS) is 20.4. The van der Waals surface area contributed by atoms with Crippen LogP contribution in [0.3, 0.4) is 0 Å². The van der Waals surface area contributed by atoms with Crippen molar-refractivity contribution in [2.75, 3.05) is 19.6 Å². The Hall–Kier alpha value is -1.39. The van der Waals surface area contributed by atoms with Gasteiger partial charge in [0, 0.05) is 13.0 Å². The van der Waals surface area contributed by atoms with Crippen molar-refractivity contribution in [2.24, 2.45) is 0 Å². The highest BCUT2D eigenvalue weighted by atomic mass is 16.3. The molecule has 1 fully saturated rings. The van der Waals surface area contributed by atoms with Crippen LogP contribution in [-0.2, 0) is 11.2 Å². The van der Waals surface area contributed by atoms with Gasteiger partial charge in [-0.2, -0.15) is 0 Å².